The van der Waals surface area contributed by atoms with E-state index in [1.54, 1.807) is 0 Å². The SMILES string of the molecule is CCC(=O)N1CCN(c2ccc(-c3ccccc3)cc2)CC1. The van der Waals surface area contributed by atoms with Crippen LogP contribution in [0.5, 0.6) is 0 Å². The zero-order valence-electron chi connectivity index (χ0n) is 13.0. The fraction of sp³-hybridized carbons (Fsp3) is 0.316. The number of hydrogen-bond acceptors (Lipinski definition) is 2. The van der Waals surface area contributed by atoms with Gasteiger partial charge in [0, 0.05) is 38.3 Å². The molecule has 114 valence electrons. The van der Waals surface area contributed by atoms with Gasteiger partial charge in [0.25, 0.3) is 0 Å². The van der Waals surface area contributed by atoms with Gasteiger partial charge in [0.1, 0.15) is 0 Å². The van der Waals surface area contributed by atoms with Crippen LogP contribution in [0.2, 0.25) is 0 Å². The number of carbonyl (C=O) groups is 1. The van der Waals surface area contributed by atoms with E-state index in [9.17, 15) is 4.79 Å². The van der Waals surface area contributed by atoms with Gasteiger partial charge in [-0.05, 0) is 23.3 Å². The van der Waals surface area contributed by atoms with Crippen LogP contribution in [0, 0.1) is 0 Å². The highest BCUT2D eigenvalue weighted by Crippen LogP contribution is 2.23. The molecule has 1 aliphatic rings. The van der Waals surface area contributed by atoms with Crippen molar-refractivity contribution in [3.63, 3.8) is 0 Å². The third kappa shape index (κ3) is 3.14. The highest BCUT2D eigenvalue weighted by atomic mass is 16.2. The lowest BCUT2D eigenvalue weighted by atomic mass is 10.1. The summed E-state index contributed by atoms with van der Waals surface area (Å²) >= 11 is 0. The van der Waals surface area contributed by atoms with Crippen LogP contribution in [0.3, 0.4) is 0 Å². The molecule has 0 atom stereocenters. The summed E-state index contributed by atoms with van der Waals surface area (Å²) in [4.78, 5) is 16.0. The standard InChI is InChI=1S/C19H22N2O/c1-2-19(22)21-14-12-20(13-15-21)18-10-8-17(9-11-18)16-6-4-3-5-7-16/h3-11H,2,12-15H2,1H3. The summed E-state index contributed by atoms with van der Waals surface area (Å²) < 4.78 is 0. The molecule has 1 saturated heterocycles. The van der Waals surface area contributed by atoms with E-state index in [0.717, 1.165) is 26.2 Å². The third-order valence-corrected chi connectivity index (χ3v) is 4.27. The Labute approximate surface area is 132 Å². The quantitative estimate of drug-likeness (QED) is 0.866. The summed E-state index contributed by atoms with van der Waals surface area (Å²) in [7, 11) is 0. The first kappa shape index (κ1) is 14.6. The van der Waals surface area contributed by atoms with E-state index >= 15 is 0 Å². The monoisotopic (exact) mass is 294 g/mol. The Bertz CT molecular complexity index is 614. The minimum Gasteiger partial charge on any atom is -0.368 e. The van der Waals surface area contributed by atoms with Crippen LogP contribution in [-0.4, -0.2) is 37.0 Å². The summed E-state index contributed by atoms with van der Waals surface area (Å²) in [5.41, 5.74) is 3.72. The fourth-order valence-electron chi connectivity index (χ4n) is 2.93. The Morgan fingerprint density at radius 3 is 2.05 bits per heavy atom. The molecule has 0 aromatic heterocycles. The lowest BCUT2D eigenvalue weighted by Gasteiger charge is -2.36. The van der Waals surface area contributed by atoms with Crippen molar-refractivity contribution in [1.82, 2.24) is 4.90 Å². The van der Waals surface area contributed by atoms with Crippen LogP contribution >= 0.6 is 0 Å². The topological polar surface area (TPSA) is 23.6 Å². The minimum atomic E-state index is 0.263. The van der Waals surface area contributed by atoms with Crippen molar-refractivity contribution < 1.29 is 4.79 Å². The molecule has 0 saturated carbocycles. The van der Waals surface area contributed by atoms with Gasteiger partial charge in [-0.15, -0.1) is 0 Å². The zero-order valence-corrected chi connectivity index (χ0v) is 13.0. The normalized spacial score (nSPS) is 15.0. The molecule has 2 aromatic carbocycles. The zero-order chi connectivity index (χ0) is 15.4. The van der Waals surface area contributed by atoms with E-state index in [0.29, 0.717) is 6.42 Å². The molecule has 1 aliphatic heterocycles. The molecule has 0 spiro atoms. The molecule has 0 bridgehead atoms. The number of anilines is 1. The molecule has 3 nitrogen and oxygen atoms in total. The molecular weight excluding hydrogens is 272 g/mol. The molecule has 0 unspecified atom stereocenters. The van der Waals surface area contributed by atoms with Crippen LogP contribution in [0.15, 0.2) is 54.6 Å². The first-order chi connectivity index (χ1) is 10.8. The van der Waals surface area contributed by atoms with Gasteiger partial charge in [-0.1, -0.05) is 49.4 Å². The number of rotatable bonds is 3. The summed E-state index contributed by atoms with van der Waals surface area (Å²) in [6.45, 7) is 5.41. The maximum Gasteiger partial charge on any atom is 0.222 e. The smallest absolute Gasteiger partial charge is 0.222 e. The molecule has 3 heteroatoms. The highest BCUT2D eigenvalue weighted by molar-refractivity contribution is 5.76. The molecule has 1 heterocycles. The number of amides is 1. The fourth-order valence-corrected chi connectivity index (χ4v) is 2.93. The predicted octanol–water partition coefficient (Wildman–Crippen LogP) is 3.41. The molecule has 1 fully saturated rings. The van der Waals surface area contributed by atoms with Crippen LogP contribution in [-0.2, 0) is 4.79 Å². The van der Waals surface area contributed by atoms with Crippen LogP contribution in [0.1, 0.15) is 13.3 Å². The van der Waals surface area contributed by atoms with Gasteiger partial charge in [0.05, 0.1) is 0 Å². The van der Waals surface area contributed by atoms with Crippen molar-refractivity contribution >= 4 is 11.6 Å². The second-order valence-corrected chi connectivity index (χ2v) is 5.63. The van der Waals surface area contributed by atoms with Gasteiger partial charge < -0.3 is 9.80 Å². The molecule has 3 rings (SSSR count). The molecule has 0 N–H and O–H groups in total. The van der Waals surface area contributed by atoms with Gasteiger partial charge >= 0.3 is 0 Å². The average Bonchev–Trinajstić information content (AvgIpc) is 2.62. The first-order valence-corrected chi connectivity index (χ1v) is 7.96. The molecular formula is C19H22N2O. The van der Waals surface area contributed by atoms with E-state index < -0.39 is 0 Å². The number of piperazine rings is 1. The Morgan fingerprint density at radius 1 is 0.864 bits per heavy atom. The Hall–Kier alpha value is -2.29. The average molecular weight is 294 g/mol. The first-order valence-electron chi connectivity index (χ1n) is 7.96. The Kier molecular flexibility index (Phi) is 4.42. The van der Waals surface area contributed by atoms with E-state index in [2.05, 4.69) is 53.4 Å². The molecule has 0 aliphatic carbocycles. The van der Waals surface area contributed by atoms with Crippen molar-refractivity contribution in [3.8, 4) is 11.1 Å². The summed E-state index contributed by atoms with van der Waals surface area (Å²) in [5, 5.41) is 0. The lowest BCUT2D eigenvalue weighted by Crippen LogP contribution is -2.48. The maximum absolute atomic E-state index is 11.7. The predicted molar refractivity (Wildman–Crippen MR) is 91.0 cm³/mol. The van der Waals surface area contributed by atoms with Gasteiger partial charge in [-0.2, -0.15) is 0 Å². The van der Waals surface area contributed by atoms with Crippen LogP contribution in [0.4, 0.5) is 5.69 Å². The summed E-state index contributed by atoms with van der Waals surface area (Å²) in [5.74, 6) is 0.263. The second-order valence-electron chi connectivity index (χ2n) is 5.63. The van der Waals surface area contributed by atoms with Gasteiger partial charge in [-0.25, -0.2) is 0 Å². The number of benzene rings is 2. The Balaban J connectivity index is 1.66. The van der Waals surface area contributed by atoms with E-state index in [4.69, 9.17) is 0 Å². The Morgan fingerprint density at radius 2 is 1.45 bits per heavy atom. The van der Waals surface area contributed by atoms with Crippen molar-refractivity contribution in [2.45, 2.75) is 13.3 Å². The van der Waals surface area contributed by atoms with Crippen LogP contribution < -0.4 is 4.90 Å². The van der Waals surface area contributed by atoms with E-state index in [1.807, 2.05) is 17.9 Å². The van der Waals surface area contributed by atoms with Gasteiger partial charge in [-0.3, -0.25) is 4.79 Å². The maximum atomic E-state index is 11.7. The van der Waals surface area contributed by atoms with Gasteiger partial charge in [0.15, 0.2) is 0 Å². The number of hydrogen-bond donors (Lipinski definition) is 0. The van der Waals surface area contributed by atoms with Crippen molar-refractivity contribution in [2.75, 3.05) is 31.1 Å². The van der Waals surface area contributed by atoms with E-state index in [-0.39, 0.29) is 5.91 Å². The highest BCUT2D eigenvalue weighted by Gasteiger charge is 2.19. The molecule has 0 radical (unpaired) electrons. The second kappa shape index (κ2) is 6.65. The van der Waals surface area contributed by atoms with E-state index in [1.165, 1.54) is 16.8 Å². The third-order valence-electron chi connectivity index (χ3n) is 4.27. The molecule has 2 aromatic rings. The van der Waals surface area contributed by atoms with Crippen molar-refractivity contribution in [1.29, 1.82) is 0 Å². The minimum absolute atomic E-state index is 0.263. The van der Waals surface area contributed by atoms with Gasteiger partial charge in [0.2, 0.25) is 5.91 Å². The summed E-state index contributed by atoms with van der Waals surface area (Å²) in [6, 6.07) is 19.1. The largest absolute Gasteiger partial charge is 0.368 e. The van der Waals surface area contributed by atoms with Crippen molar-refractivity contribution in [2.24, 2.45) is 0 Å². The number of nitrogens with zero attached hydrogens (tertiary/aromatic N) is 2. The number of carbonyl (C=O) groups excluding carboxylic acids is 1. The lowest BCUT2D eigenvalue weighted by molar-refractivity contribution is -0.131. The summed E-state index contributed by atoms with van der Waals surface area (Å²) in [6.07, 6.45) is 0.603. The molecule has 1 amide bonds. The van der Waals surface area contributed by atoms with Crippen LogP contribution in [0.25, 0.3) is 11.1 Å². The van der Waals surface area contributed by atoms with Crippen molar-refractivity contribution in [3.05, 3.63) is 54.6 Å². The molecule has 22 heavy (non-hydrogen) atoms.